The van der Waals surface area contributed by atoms with Crippen LogP contribution in [0, 0.1) is 0 Å². The second kappa shape index (κ2) is 7.94. The van der Waals surface area contributed by atoms with E-state index in [2.05, 4.69) is 4.74 Å². The van der Waals surface area contributed by atoms with Crippen molar-refractivity contribution in [1.82, 2.24) is 4.90 Å². The van der Waals surface area contributed by atoms with Gasteiger partial charge in [-0.15, -0.1) is 11.3 Å². The number of halogens is 1. The van der Waals surface area contributed by atoms with Gasteiger partial charge in [0.25, 0.3) is 0 Å². The third kappa shape index (κ3) is 4.94. The number of carbonyl (C=O) groups excluding carboxylic acids is 2. The molecule has 120 valence electrons. The van der Waals surface area contributed by atoms with Crippen LogP contribution in [0.2, 0.25) is 4.34 Å². The van der Waals surface area contributed by atoms with E-state index in [4.69, 9.17) is 11.6 Å². The fourth-order valence-electron chi connectivity index (χ4n) is 1.89. The fourth-order valence-corrected chi connectivity index (χ4v) is 3.03. The highest BCUT2D eigenvalue weighted by Gasteiger charge is 2.08. The molecule has 0 unspecified atom stereocenters. The summed E-state index contributed by atoms with van der Waals surface area (Å²) in [6.07, 6.45) is 3.21. The van der Waals surface area contributed by atoms with Crippen molar-refractivity contribution in [3.8, 4) is 0 Å². The minimum atomic E-state index is -0.383. The molecule has 0 saturated carbocycles. The lowest BCUT2D eigenvalue weighted by molar-refractivity contribution is -0.125. The summed E-state index contributed by atoms with van der Waals surface area (Å²) in [5, 5.41) is 0. The molecule has 2 rings (SSSR count). The highest BCUT2D eigenvalue weighted by molar-refractivity contribution is 7.16. The van der Waals surface area contributed by atoms with E-state index in [0.717, 1.165) is 10.4 Å². The van der Waals surface area contributed by atoms with Gasteiger partial charge in [0.2, 0.25) is 5.91 Å². The van der Waals surface area contributed by atoms with Gasteiger partial charge >= 0.3 is 5.97 Å². The number of rotatable bonds is 5. The van der Waals surface area contributed by atoms with Crippen molar-refractivity contribution in [2.75, 3.05) is 14.2 Å². The molecule has 0 aliphatic heterocycles. The number of carbonyl (C=O) groups is 2. The van der Waals surface area contributed by atoms with Crippen LogP contribution in [0.1, 0.15) is 20.8 Å². The first-order valence-corrected chi connectivity index (χ1v) is 8.05. The standard InChI is InChI=1S/C17H16ClNO3S/c1-19(11-14-8-9-15(18)23-14)16(20)10-5-12-3-6-13(7-4-12)17(21)22-2/h3-10H,11H2,1-2H3. The predicted octanol–water partition coefficient (Wildman–Crippen LogP) is 3.86. The van der Waals surface area contributed by atoms with Gasteiger partial charge in [-0.3, -0.25) is 4.79 Å². The highest BCUT2D eigenvalue weighted by Crippen LogP contribution is 2.22. The van der Waals surface area contributed by atoms with E-state index in [1.807, 2.05) is 12.1 Å². The molecule has 0 atom stereocenters. The average molecular weight is 350 g/mol. The Labute approximate surface area is 143 Å². The van der Waals surface area contributed by atoms with Crippen LogP contribution in [0.4, 0.5) is 0 Å². The fraction of sp³-hybridized carbons (Fsp3) is 0.176. The molecule has 1 heterocycles. The van der Waals surface area contributed by atoms with Crippen LogP contribution >= 0.6 is 22.9 Å². The third-order valence-corrected chi connectivity index (χ3v) is 4.36. The topological polar surface area (TPSA) is 46.6 Å². The van der Waals surface area contributed by atoms with Crippen LogP contribution in [0.3, 0.4) is 0 Å². The number of ether oxygens (including phenoxy) is 1. The Balaban J connectivity index is 1.95. The molecule has 0 saturated heterocycles. The number of thiophene rings is 1. The number of amides is 1. The number of methoxy groups -OCH3 is 1. The maximum absolute atomic E-state index is 12.1. The van der Waals surface area contributed by atoms with Gasteiger partial charge in [-0.05, 0) is 35.9 Å². The predicted molar refractivity (Wildman–Crippen MR) is 92.6 cm³/mol. The van der Waals surface area contributed by atoms with Gasteiger partial charge in [-0.25, -0.2) is 4.79 Å². The molecular formula is C17H16ClNO3S. The number of hydrogen-bond donors (Lipinski definition) is 0. The van der Waals surface area contributed by atoms with Crippen LogP contribution in [0.15, 0.2) is 42.5 Å². The van der Waals surface area contributed by atoms with Crippen molar-refractivity contribution in [3.63, 3.8) is 0 Å². The Bertz CT molecular complexity index is 722. The Kier molecular flexibility index (Phi) is 5.96. The molecule has 0 spiro atoms. The van der Waals surface area contributed by atoms with Crippen LogP contribution in [-0.2, 0) is 16.1 Å². The van der Waals surface area contributed by atoms with Crippen LogP contribution in [0.5, 0.6) is 0 Å². The molecule has 0 radical (unpaired) electrons. The number of likely N-dealkylation sites (N-methyl/N-ethyl adjacent to an activating group) is 1. The van der Waals surface area contributed by atoms with Crippen molar-refractivity contribution in [3.05, 3.63) is 62.8 Å². The monoisotopic (exact) mass is 349 g/mol. The molecule has 23 heavy (non-hydrogen) atoms. The lowest BCUT2D eigenvalue weighted by Crippen LogP contribution is -2.23. The summed E-state index contributed by atoms with van der Waals surface area (Å²) in [6.45, 7) is 0.516. The van der Waals surface area contributed by atoms with Crippen LogP contribution < -0.4 is 0 Å². The van der Waals surface area contributed by atoms with Gasteiger partial charge in [0.15, 0.2) is 0 Å². The van der Waals surface area contributed by atoms with Crippen molar-refractivity contribution < 1.29 is 14.3 Å². The summed E-state index contributed by atoms with van der Waals surface area (Å²) in [5.41, 5.74) is 1.31. The second-order valence-corrected chi connectivity index (χ2v) is 6.65. The molecule has 6 heteroatoms. The van der Waals surface area contributed by atoms with Gasteiger partial charge in [0.05, 0.1) is 23.6 Å². The Morgan fingerprint density at radius 3 is 2.48 bits per heavy atom. The summed E-state index contributed by atoms with van der Waals surface area (Å²) >= 11 is 7.34. The maximum atomic E-state index is 12.1. The van der Waals surface area contributed by atoms with Crippen LogP contribution in [-0.4, -0.2) is 30.9 Å². The van der Waals surface area contributed by atoms with E-state index in [1.165, 1.54) is 24.5 Å². The van der Waals surface area contributed by atoms with Gasteiger partial charge in [0.1, 0.15) is 0 Å². The first kappa shape index (κ1) is 17.2. The first-order valence-electron chi connectivity index (χ1n) is 6.85. The van der Waals surface area contributed by atoms with Gasteiger partial charge in [-0.2, -0.15) is 0 Å². The molecule has 0 bridgehead atoms. The minimum Gasteiger partial charge on any atom is -0.465 e. The Morgan fingerprint density at radius 1 is 1.22 bits per heavy atom. The molecule has 1 aromatic carbocycles. The zero-order valence-electron chi connectivity index (χ0n) is 12.8. The quantitative estimate of drug-likeness (QED) is 0.608. The largest absolute Gasteiger partial charge is 0.465 e. The van der Waals surface area contributed by atoms with Gasteiger partial charge in [-0.1, -0.05) is 23.7 Å². The van der Waals surface area contributed by atoms with Crippen molar-refractivity contribution >= 4 is 40.9 Å². The van der Waals surface area contributed by atoms with E-state index in [0.29, 0.717) is 16.4 Å². The van der Waals surface area contributed by atoms with Crippen molar-refractivity contribution in [1.29, 1.82) is 0 Å². The SMILES string of the molecule is COC(=O)c1ccc(C=CC(=O)N(C)Cc2ccc(Cl)s2)cc1. The summed E-state index contributed by atoms with van der Waals surface area (Å²) in [7, 11) is 3.08. The highest BCUT2D eigenvalue weighted by atomic mass is 35.5. The zero-order chi connectivity index (χ0) is 16.8. The van der Waals surface area contributed by atoms with E-state index >= 15 is 0 Å². The number of hydrogen-bond acceptors (Lipinski definition) is 4. The van der Waals surface area contributed by atoms with Crippen LogP contribution in [0.25, 0.3) is 6.08 Å². The molecule has 1 aromatic heterocycles. The third-order valence-electron chi connectivity index (χ3n) is 3.15. The van der Waals surface area contributed by atoms with Crippen molar-refractivity contribution in [2.45, 2.75) is 6.54 Å². The van der Waals surface area contributed by atoms with E-state index in [-0.39, 0.29) is 11.9 Å². The molecule has 2 aromatic rings. The minimum absolute atomic E-state index is 0.105. The van der Waals surface area contributed by atoms with E-state index in [9.17, 15) is 9.59 Å². The smallest absolute Gasteiger partial charge is 0.337 e. The zero-order valence-corrected chi connectivity index (χ0v) is 14.4. The number of esters is 1. The summed E-state index contributed by atoms with van der Waals surface area (Å²) in [4.78, 5) is 26.1. The molecule has 0 aliphatic carbocycles. The molecular weight excluding hydrogens is 334 g/mol. The average Bonchev–Trinajstić information content (AvgIpc) is 2.97. The molecule has 1 amide bonds. The van der Waals surface area contributed by atoms with Gasteiger partial charge in [0, 0.05) is 18.0 Å². The maximum Gasteiger partial charge on any atom is 0.337 e. The lowest BCUT2D eigenvalue weighted by Gasteiger charge is -2.13. The molecule has 0 aliphatic rings. The Hall–Kier alpha value is -2.11. The number of nitrogens with zero attached hydrogens (tertiary/aromatic N) is 1. The summed E-state index contributed by atoms with van der Waals surface area (Å²) < 4.78 is 5.35. The summed E-state index contributed by atoms with van der Waals surface area (Å²) in [5.74, 6) is -0.488. The van der Waals surface area contributed by atoms with E-state index in [1.54, 1.807) is 42.3 Å². The number of benzene rings is 1. The molecule has 4 nitrogen and oxygen atoms in total. The normalized spacial score (nSPS) is 10.7. The Morgan fingerprint density at radius 2 is 1.91 bits per heavy atom. The van der Waals surface area contributed by atoms with Gasteiger partial charge < -0.3 is 9.64 Å². The first-order chi connectivity index (χ1) is 11.0. The molecule has 0 N–H and O–H groups in total. The second-order valence-electron chi connectivity index (χ2n) is 4.85. The van der Waals surface area contributed by atoms with Crippen molar-refractivity contribution in [2.24, 2.45) is 0 Å². The molecule has 0 fully saturated rings. The van der Waals surface area contributed by atoms with E-state index < -0.39 is 0 Å². The lowest BCUT2D eigenvalue weighted by atomic mass is 10.1. The summed E-state index contributed by atoms with van der Waals surface area (Å²) in [6, 6.07) is 10.6.